The van der Waals surface area contributed by atoms with E-state index in [0.29, 0.717) is 32.1 Å². The molecule has 176 valence electrons. The van der Waals surface area contributed by atoms with Gasteiger partial charge in [0.2, 0.25) is 11.9 Å². The summed E-state index contributed by atoms with van der Waals surface area (Å²) in [4.78, 5) is 27.1. The van der Waals surface area contributed by atoms with Gasteiger partial charge in [-0.2, -0.15) is 4.98 Å². The number of hydrogen-bond acceptors (Lipinski definition) is 6. The topological polar surface area (TPSA) is 70.6 Å². The average Bonchev–Trinajstić information content (AvgIpc) is 3.67. The van der Waals surface area contributed by atoms with E-state index < -0.39 is 5.41 Å². The van der Waals surface area contributed by atoms with Gasteiger partial charge in [-0.3, -0.25) is 4.79 Å². The molecule has 1 N–H and O–H groups in total. The lowest BCUT2D eigenvalue weighted by Gasteiger charge is -2.37. The van der Waals surface area contributed by atoms with Crippen LogP contribution >= 0.6 is 0 Å². The van der Waals surface area contributed by atoms with Gasteiger partial charge >= 0.3 is 0 Å². The van der Waals surface area contributed by atoms with Crippen molar-refractivity contribution in [3.05, 3.63) is 71.4 Å². The third kappa shape index (κ3) is 4.30. The molecule has 1 saturated heterocycles. The highest BCUT2D eigenvalue weighted by Crippen LogP contribution is 2.52. The highest BCUT2D eigenvalue weighted by Gasteiger charge is 2.54. The number of rotatable bonds is 6. The number of amides is 1. The minimum Gasteiger partial charge on any atom is -0.496 e. The lowest BCUT2D eigenvalue weighted by Crippen LogP contribution is -2.52. The van der Waals surface area contributed by atoms with Gasteiger partial charge in [0, 0.05) is 49.2 Å². The zero-order chi connectivity index (χ0) is 23.7. The first kappa shape index (κ1) is 22.2. The molecule has 0 bridgehead atoms. The Labute approximate surface area is 200 Å². The molecule has 1 saturated carbocycles. The highest BCUT2D eigenvalue weighted by molar-refractivity contribution is 5.92. The predicted octanol–water partition coefficient (Wildman–Crippen LogP) is 4.23. The maximum absolute atomic E-state index is 13.5. The van der Waals surface area contributed by atoms with E-state index in [0.717, 1.165) is 41.4 Å². The lowest BCUT2D eigenvalue weighted by atomic mass is 9.93. The fourth-order valence-electron chi connectivity index (χ4n) is 4.72. The number of ether oxygens (including phenoxy) is 1. The quantitative estimate of drug-likeness (QED) is 0.598. The molecule has 0 atom stereocenters. The number of methoxy groups -OCH3 is 1. The number of hydrogen-bond donors (Lipinski definition) is 1. The Kier molecular flexibility index (Phi) is 5.86. The van der Waals surface area contributed by atoms with Crippen LogP contribution in [0.3, 0.4) is 0 Å². The van der Waals surface area contributed by atoms with Gasteiger partial charge in [-0.1, -0.05) is 35.9 Å². The third-order valence-electron chi connectivity index (χ3n) is 6.80. The molecule has 1 aromatic heterocycles. The van der Waals surface area contributed by atoms with Crippen molar-refractivity contribution in [3.8, 4) is 5.75 Å². The standard InChI is InChI=1S/C27H31N5O2/c1-19-8-10-21(11-9-19)29-24-18-20(2)28-26(30-24)32-16-14-31(15-17-32)25(33)27(12-13-27)22-6-4-5-7-23(22)34-3/h4-11,18H,12-17H2,1-3H3,(H,28,29,30). The SMILES string of the molecule is COc1ccccc1C1(C(=O)N2CCN(c3nc(C)cc(Nc4ccc(C)cc4)n3)CC2)CC1. The molecule has 7 heteroatoms. The molecule has 0 unspecified atom stereocenters. The van der Waals surface area contributed by atoms with E-state index >= 15 is 0 Å². The largest absolute Gasteiger partial charge is 0.496 e. The normalized spacial score (nSPS) is 16.8. The Hall–Kier alpha value is -3.61. The van der Waals surface area contributed by atoms with Crippen LogP contribution in [0.5, 0.6) is 5.75 Å². The first-order valence-electron chi connectivity index (χ1n) is 11.9. The molecule has 3 aromatic rings. The molecule has 2 aromatic carbocycles. The molecule has 1 aliphatic carbocycles. The summed E-state index contributed by atoms with van der Waals surface area (Å²) in [6, 6.07) is 18.1. The number of para-hydroxylation sites is 1. The molecule has 5 rings (SSSR count). The van der Waals surface area contributed by atoms with Gasteiger partial charge in [0.25, 0.3) is 0 Å². The number of benzene rings is 2. The number of anilines is 3. The summed E-state index contributed by atoms with van der Waals surface area (Å²) in [5, 5.41) is 3.38. The fraction of sp³-hybridized carbons (Fsp3) is 0.370. The van der Waals surface area contributed by atoms with Crippen LogP contribution in [0, 0.1) is 13.8 Å². The molecular weight excluding hydrogens is 426 g/mol. The summed E-state index contributed by atoms with van der Waals surface area (Å²) < 4.78 is 5.55. The number of nitrogens with one attached hydrogen (secondary N) is 1. The molecule has 0 spiro atoms. The van der Waals surface area contributed by atoms with Gasteiger partial charge < -0.3 is 19.9 Å². The zero-order valence-electron chi connectivity index (χ0n) is 20.0. The minimum atomic E-state index is -0.431. The van der Waals surface area contributed by atoms with Crippen LogP contribution in [0.1, 0.15) is 29.7 Å². The number of piperazine rings is 1. The maximum Gasteiger partial charge on any atom is 0.233 e. The Balaban J connectivity index is 1.27. The molecule has 2 fully saturated rings. The molecular formula is C27H31N5O2. The molecule has 1 aliphatic heterocycles. The number of carbonyl (C=O) groups excluding carboxylic acids is 1. The van der Waals surface area contributed by atoms with Crippen molar-refractivity contribution in [2.45, 2.75) is 32.1 Å². The van der Waals surface area contributed by atoms with Crippen molar-refractivity contribution in [1.29, 1.82) is 0 Å². The second-order valence-corrected chi connectivity index (χ2v) is 9.25. The summed E-state index contributed by atoms with van der Waals surface area (Å²) in [6.07, 6.45) is 1.75. The van der Waals surface area contributed by atoms with Crippen LogP contribution in [0.4, 0.5) is 17.5 Å². The van der Waals surface area contributed by atoms with E-state index in [1.807, 2.05) is 54.3 Å². The van der Waals surface area contributed by atoms with Crippen LogP contribution in [-0.4, -0.2) is 54.1 Å². The van der Waals surface area contributed by atoms with Gasteiger partial charge in [-0.25, -0.2) is 4.98 Å². The van der Waals surface area contributed by atoms with Crippen molar-refractivity contribution in [3.63, 3.8) is 0 Å². The number of aryl methyl sites for hydroxylation is 2. The highest BCUT2D eigenvalue weighted by atomic mass is 16.5. The Morgan fingerprint density at radius 3 is 2.35 bits per heavy atom. The summed E-state index contributed by atoms with van der Waals surface area (Å²) in [5.41, 5.74) is 3.71. The molecule has 1 amide bonds. The van der Waals surface area contributed by atoms with Crippen molar-refractivity contribution in [2.24, 2.45) is 0 Å². The number of nitrogens with zero attached hydrogens (tertiary/aromatic N) is 4. The van der Waals surface area contributed by atoms with E-state index in [9.17, 15) is 4.79 Å². The van der Waals surface area contributed by atoms with Gasteiger partial charge in [-0.15, -0.1) is 0 Å². The smallest absolute Gasteiger partial charge is 0.233 e. The number of aromatic nitrogens is 2. The van der Waals surface area contributed by atoms with Crippen LogP contribution in [0.25, 0.3) is 0 Å². The van der Waals surface area contributed by atoms with Crippen LogP contribution in [-0.2, 0) is 10.2 Å². The summed E-state index contributed by atoms with van der Waals surface area (Å²) >= 11 is 0. The van der Waals surface area contributed by atoms with E-state index in [1.165, 1.54) is 5.56 Å². The van der Waals surface area contributed by atoms with Crippen LogP contribution in [0.15, 0.2) is 54.6 Å². The van der Waals surface area contributed by atoms with Crippen molar-refractivity contribution < 1.29 is 9.53 Å². The first-order valence-corrected chi connectivity index (χ1v) is 11.9. The summed E-state index contributed by atoms with van der Waals surface area (Å²) in [7, 11) is 1.67. The monoisotopic (exact) mass is 457 g/mol. The molecule has 2 heterocycles. The Bertz CT molecular complexity index is 1180. The van der Waals surface area contributed by atoms with Crippen molar-refractivity contribution in [2.75, 3.05) is 43.5 Å². The van der Waals surface area contributed by atoms with Crippen molar-refractivity contribution in [1.82, 2.24) is 14.9 Å². The second-order valence-electron chi connectivity index (χ2n) is 9.25. The molecule has 2 aliphatic rings. The van der Waals surface area contributed by atoms with Gasteiger partial charge in [0.05, 0.1) is 12.5 Å². The van der Waals surface area contributed by atoms with Gasteiger partial charge in [0.1, 0.15) is 11.6 Å². The first-order chi connectivity index (χ1) is 16.5. The van der Waals surface area contributed by atoms with Gasteiger partial charge in [0.15, 0.2) is 0 Å². The van der Waals surface area contributed by atoms with E-state index in [-0.39, 0.29) is 5.91 Å². The lowest BCUT2D eigenvalue weighted by molar-refractivity contribution is -0.134. The summed E-state index contributed by atoms with van der Waals surface area (Å²) in [5.74, 6) is 2.49. The summed E-state index contributed by atoms with van der Waals surface area (Å²) in [6.45, 7) is 6.79. The predicted molar refractivity (Wildman–Crippen MR) is 134 cm³/mol. The molecule has 7 nitrogen and oxygen atoms in total. The molecule has 0 radical (unpaired) electrons. The Morgan fingerprint density at radius 1 is 0.971 bits per heavy atom. The Morgan fingerprint density at radius 2 is 1.68 bits per heavy atom. The van der Waals surface area contributed by atoms with Crippen LogP contribution in [0.2, 0.25) is 0 Å². The minimum absolute atomic E-state index is 0.212. The maximum atomic E-state index is 13.5. The van der Waals surface area contributed by atoms with Gasteiger partial charge in [-0.05, 0) is 44.9 Å². The van der Waals surface area contributed by atoms with E-state index in [2.05, 4.69) is 34.3 Å². The van der Waals surface area contributed by atoms with E-state index in [1.54, 1.807) is 7.11 Å². The van der Waals surface area contributed by atoms with E-state index in [4.69, 9.17) is 9.72 Å². The van der Waals surface area contributed by atoms with Crippen LogP contribution < -0.4 is 15.0 Å². The molecule has 34 heavy (non-hydrogen) atoms. The third-order valence-corrected chi connectivity index (χ3v) is 6.80. The zero-order valence-corrected chi connectivity index (χ0v) is 20.0. The second kappa shape index (κ2) is 8.97. The number of carbonyl (C=O) groups is 1. The average molecular weight is 458 g/mol. The fourth-order valence-corrected chi connectivity index (χ4v) is 4.72. The van der Waals surface area contributed by atoms with Crippen molar-refractivity contribution >= 4 is 23.4 Å².